The van der Waals surface area contributed by atoms with E-state index in [4.69, 9.17) is 10.7 Å². The number of hydrogen-bond donors (Lipinski definition) is 2. The number of anilines is 1. The van der Waals surface area contributed by atoms with Crippen LogP contribution in [0.4, 0.5) is 5.82 Å². The second-order valence-electron chi connectivity index (χ2n) is 7.23. The molecule has 1 fully saturated rings. The van der Waals surface area contributed by atoms with Crippen LogP contribution in [0.3, 0.4) is 0 Å². The Labute approximate surface area is 172 Å². The number of hydrogen-bond acceptors (Lipinski definition) is 7. The van der Waals surface area contributed by atoms with E-state index in [-0.39, 0.29) is 17.9 Å². The van der Waals surface area contributed by atoms with Crippen molar-refractivity contribution in [2.45, 2.75) is 35.2 Å². The molecule has 0 aliphatic carbocycles. The monoisotopic (exact) mass is 416 g/mol. The fraction of sp³-hybridized carbons (Fsp3) is 0.333. The zero-order valence-electron chi connectivity index (χ0n) is 15.4. The minimum Gasteiger partial charge on any atom is -0.355 e. The zero-order chi connectivity index (χ0) is 18.4. The third-order valence-corrected chi connectivity index (χ3v) is 6.06. The first kappa shape index (κ1) is 19.0. The van der Waals surface area contributed by atoms with E-state index in [9.17, 15) is 0 Å². The Balaban J connectivity index is 0.00000192. The summed E-state index contributed by atoms with van der Waals surface area (Å²) in [7, 11) is 0. The Morgan fingerprint density at radius 1 is 1.21 bits per heavy atom. The number of halogens is 1. The minimum absolute atomic E-state index is 0. The van der Waals surface area contributed by atoms with Gasteiger partial charge in [0.15, 0.2) is 16.3 Å². The first-order valence-electron chi connectivity index (χ1n) is 8.94. The van der Waals surface area contributed by atoms with Gasteiger partial charge in [0.05, 0.1) is 11.1 Å². The smallest absolute Gasteiger partial charge is 0.177 e. The third kappa shape index (κ3) is 3.41. The maximum Gasteiger partial charge on any atom is 0.177 e. The van der Waals surface area contributed by atoms with E-state index < -0.39 is 0 Å². The highest BCUT2D eigenvalue weighted by atomic mass is 35.5. The minimum atomic E-state index is -0.0836. The summed E-state index contributed by atoms with van der Waals surface area (Å²) in [6, 6.07) is 4.03. The summed E-state index contributed by atoms with van der Waals surface area (Å²) >= 11 is 1.54. The van der Waals surface area contributed by atoms with Gasteiger partial charge in [-0.1, -0.05) is 11.8 Å². The first-order chi connectivity index (χ1) is 13.1. The van der Waals surface area contributed by atoms with Crippen LogP contribution in [0, 0.1) is 0 Å². The molecule has 10 heteroatoms. The number of fused-ring (bicyclic) bond motifs is 2. The summed E-state index contributed by atoms with van der Waals surface area (Å²) in [5, 5.41) is 8.25. The highest BCUT2D eigenvalue weighted by molar-refractivity contribution is 7.99. The van der Waals surface area contributed by atoms with Gasteiger partial charge in [-0.15, -0.1) is 12.4 Å². The summed E-state index contributed by atoms with van der Waals surface area (Å²) in [4.78, 5) is 17.1. The van der Waals surface area contributed by atoms with E-state index in [0.29, 0.717) is 5.65 Å². The molecular formula is C18H21ClN8S. The van der Waals surface area contributed by atoms with Gasteiger partial charge < -0.3 is 15.0 Å². The summed E-state index contributed by atoms with van der Waals surface area (Å²) in [6.45, 7) is 3.90. The summed E-state index contributed by atoms with van der Waals surface area (Å²) in [5.41, 5.74) is 8.53. The van der Waals surface area contributed by atoms with Crippen LogP contribution in [0.1, 0.15) is 19.8 Å². The van der Waals surface area contributed by atoms with Crippen LogP contribution in [0.2, 0.25) is 0 Å². The molecule has 0 unspecified atom stereocenters. The number of nitrogens with one attached hydrogen (secondary N) is 1. The van der Waals surface area contributed by atoms with Crippen LogP contribution in [-0.4, -0.2) is 48.2 Å². The lowest BCUT2D eigenvalue weighted by Gasteiger charge is -2.37. The SMILES string of the molecule is CC1(N)CCN(c2cnc3c(Sc4cccn5ccnc45)n[nH]c3n2)CC1.Cl. The van der Waals surface area contributed by atoms with Crippen molar-refractivity contribution in [1.29, 1.82) is 0 Å². The number of H-pyrrole nitrogens is 1. The predicted octanol–water partition coefficient (Wildman–Crippen LogP) is 2.89. The molecule has 0 saturated carbocycles. The van der Waals surface area contributed by atoms with Gasteiger partial charge >= 0.3 is 0 Å². The molecule has 3 N–H and O–H groups in total. The van der Waals surface area contributed by atoms with Crippen LogP contribution in [0.15, 0.2) is 46.8 Å². The van der Waals surface area contributed by atoms with E-state index >= 15 is 0 Å². The van der Waals surface area contributed by atoms with Gasteiger partial charge in [0.25, 0.3) is 0 Å². The number of rotatable bonds is 3. The van der Waals surface area contributed by atoms with Crippen molar-refractivity contribution in [3.05, 3.63) is 36.9 Å². The van der Waals surface area contributed by atoms with E-state index in [1.54, 1.807) is 18.0 Å². The zero-order valence-corrected chi connectivity index (χ0v) is 17.0. The average Bonchev–Trinajstić information content (AvgIpc) is 3.29. The molecule has 1 aliphatic heterocycles. The summed E-state index contributed by atoms with van der Waals surface area (Å²) < 4.78 is 1.99. The molecule has 1 aliphatic rings. The number of aromatic nitrogens is 6. The van der Waals surface area contributed by atoms with Crippen LogP contribution >= 0.6 is 24.2 Å². The fourth-order valence-corrected chi connectivity index (χ4v) is 4.29. The van der Waals surface area contributed by atoms with Crippen molar-refractivity contribution < 1.29 is 0 Å². The van der Waals surface area contributed by atoms with Crippen LogP contribution in [0.5, 0.6) is 0 Å². The van der Waals surface area contributed by atoms with Crippen molar-refractivity contribution in [3.8, 4) is 0 Å². The van der Waals surface area contributed by atoms with Gasteiger partial charge in [-0.3, -0.25) is 5.10 Å². The summed E-state index contributed by atoms with van der Waals surface area (Å²) in [6.07, 6.45) is 9.43. The Kier molecular flexibility index (Phi) is 4.90. The first-order valence-corrected chi connectivity index (χ1v) is 9.75. The highest BCUT2D eigenvalue weighted by Gasteiger charge is 2.27. The van der Waals surface area contributed by atoms with E-state index in [0.717, 1.165) is 52.8 Å². The molecule has 8 nitrogen and oxygen atoms in total. The molecule has 4 aromatic heterocycles. The summed E-state index contributed by atoms with van der Waals surface area (Å²) in [5.74, 6) is 0.869. The molecule has 28 heavy (non-hydrogen) atoms. The highest BCUT2D eigenvalue weighted by Crippen LogP contribution is 2.33. The quantitative estimate of drug-likeness (QED) is 0.529. The van der Waals surface area contributed by atoms with Crippen molar-refractivity contribution in [1.82, 2.24) is 29.5 Å². The topological polar surface area (TPSA) is 101 Å². The fourth-order valence-electron chi connectivity index (χ4n) is 3.35. The predicted molar refractivity (Wildman–Crippen MR) is 112 cm³/mol. The number of pyridine rings is 1. The van der Waals surface area contributed by atoms with Gasteiger partial charge in [0.1, 0.15) is 11.3 Å². The Morgan fingerprint density at radius 3 is 2.86 bits per heavy atom. The van der Waals surface area contributed by atoms with Gasteiger partial charge in [-0.2, -0.15) is 5.10 Å². The van der Waals surface area contributed by atoms with Crippen molar-refractivity contribution in [2.75, 3.05) is 18.0 Å². The maximum absolute atomic E-state index is 6.23. The lowest BCUT2D eigenvalue weighted by Crippen LogP contribution is -2.48. The number of nitrogens with zero attached hydrogens (tertiary/aromatic N) is 6. The van der Waals surface area contributed by atoms with Crippen LogP contribution < -0.4 is 10.6 Å². The third-order valence-electron chi connectivity index (χ3n) is 5.05. The maximum atomic E-state index is 6.23. The molecule has 0 spiro atoms. The molecule has 146 valence electrons. The molecule has 0 atom stereocenters. The standard InChI is InChI=1S/C18H20N8S.ClH/c1-18(19)4-8-25(9-5-18)13-11-21-14-15(22-13)23-24-17(14)27-12-3-2-7-26-10-6-20-16(12)26;/h2-3,6-7,10-11H,4-5,8-9,19H2,1H3,(H,22,23,24);1H. The van der Waals surface area contributed by atoms with Crippen LogP contribution in [-0.2, 0) is 0 Å². The van der Waals surface area contributed by atoms with E-state index in [1.165, 1.54) is 0 Å². The Morgan fingerprint density at radius 2 is 2.04 bits per heavy atom. The van der Waals surface area contributed by atoms with E-state index in [2.05, 4.69) is 32.0 Å². The molecule has 0 bridgehead atoms. The Hall–Kier alpha value is -2.36. The number of piperidine rings is 1. The van der Waals surface area contributed by atoms with Gasteiger partial charge in [0, 0.05) is 37.2 Å². The number of imidazole rings is 1. The molecule has 0 aromatic carbocycles. The second kappa shape index (κ2) is 7.23. The molecule has 0 radical (unpaired) electrons. The molecular weight excluding hydrogens is 396 g/mol. The molecule has 4 aromatic rings. The Bertz CT molecular complexity index is 1110. The molecule has 5 heterocycles. The van der Waals surface area contributed by atoms with Crippen molar-refractivity contribution in [2.24, 2.45) is 5.73 Å². The molecule has 5 rings (SSSR count). The molecule has 1 saturated heterocycles. The van der Waals surface area contributed by atoms with Gasteiger partial charge in [-0.25, -0.2) is 15.0 Å². The largest absolute Gasteiger partial charge is 0.355 e. The molecule has 0 amide bonds. The lowest BCUT2D eigenvalue weighted by molar-refractivity contribution is 0.363. The van der Waals surface area contributed by atoms with Gasteiger partial charge in [-0.05, 0) is 31.9 Å². The second-order valence-corrected chi connectivity index (χ2v) is 8.26. The van der Waals surface area contributed by atoms with Gasteiger partial charge in [0.2, 0.25) is 0 Å². The van der Waals surface area contributed by atoms with E-state index in [1.807, 2.05) is 35.1 Å². The number of aromatic amines is 1. The number of nitrogens with two attached hydrogens (primary N) is 1. The average molecular weight is 417 g/mol. The van der Waals surface area contributed by atoms with Crippen LogP contribution in [0.25, 0.3) is 16.8 Å². The normalized spacial score (nSPS) is 16.4. The van der Waals surface area contributed by atoms with Crippen molar-refractivity contribution >= 4 is 46.8 Å². The lowest BCUT2D eigenvalue weighted by atomic mass is 9.91. The van der Waals surface area contributed by atoms with Crippen molar-refractivity contribution in [3.63, 3.8) is 0 Å².